The van der Waals surface area contributed by atoms with Gasteiger partial charge in [0.05, 0.1) is 17.3 Å². The molecular weight excluding hydrogens is 641 g/mol. The molecule has 266 valence electrons. The van der Waals surface area contributed by atoms with Crippen LogP contribution < -0.4 is 4.90 Å². The monoisotopic (exact) mass is 692 g/mol. The number of para-hydroxylation sites is 1. The van der Waals surface area contributed by atoms with E-state index in [0.29, 0.717) is 11.8 Å². The van der Waals surface area contributed by atoms with Gasteiger partial charge in [0, 0.05) is 27.9 Å². The summed E-state index contributed by atoms with van der Waals surface area (Å²) in [5.74, 6) is 1.12. The summed E-state index contributed by atoms with van der Waals surface area (Å²) in [5.41, 5.74) is 16.7. The van der Waals surface area contributed by atoms with E-state index in [9.17, 15) is 0 Å². The van der Waals surface area contributed by atoms with Gasteiger partial charge in [-0.25, -0.2) is 0 Å². The zero-order valence-electron chi connectivity index (χ0n) is 32.1. The number of hydrogen-bond donors (Lipinski definition) is 0. The van der Waals surface area contributed by atoms with Crippen molar-refractivity contribution in [2.45, 2.75) is 78.2 Å². The largest absolute Gasteiger partial charge is 0.338 e. The second-order valence-electron chi connectivity index (χ2n) is 16.8. The summed E-state index contributed by atoms with van der Waals surface area (Å²) < 4.78 is 2.43. The van der Waals surface area contributed by atoms with Crippen LogP contribution in [0.3, 0.4) is 0 Å². The SMILES string of the molecule is C=CCc1c(/C=C\C)n(-c2ccccc2)c2ccc(N(C3=CCC4C5=C(C=CCC=C5)C(C)(C)C4C3)C3C=C4C(=CC3)c3ccccc3C4(C)C)cc12. The molecule has 3 aromatic carbocycles. The summed E-state index contributed by atoms with van der Waals surface area (Å²) >= 11 is 0. The molecule has 4 aromatic rings. The molecule has 0 radical (unpaired) electrons. The third kappa shape index (κ3) is 5.20. The van der Waals surface area contributed by atoms with Crippen molar-refractivity contribution in [2.75, 3.05) is 4.90 Å². The highest BCUT2D eigenvalue weighted by Crippen LogP contribution is 2.58. The molecule has 0 aliphatic heterocycles. The van der Waals surface area contributed by atoms with Crippen molar-refractivity contribution in [3.05, 3.63) is 179 Å². The number of fused-ring (bicyclic) bond motifs is 6. The molecule has 0 fully saturated rings. The fourth-order valence-corrected chi connectivity index (χ4v) is 10.6. The highest BCUT2D eigenvalue weighted by Gasteiger charge is 2.49. The van der Waals surface area contributed by atoms with Crippen molar-refractivity contribution in [3.63, 3.8) is 0 Å². The number of nitrogens with zero attached hydrogens (tertiary/aromatic N) is 2. The van der Waals surface area contributed by atoms with Gasteiger partial charge in [0.15, 0.2) is 0 Å². The second-order valence-corrected chi connectivity index (χ2v) is 16.8. The van der Waals surface area contributed by atoms with E-state index in [2.05, 4.69) is 184 Å². The molecule has 1 heterocycles. The minimum atomic E-state index is -0.0399. The van der Waals surface area contributed by atoms with E-state index in [4.69, 9.17) is 0 Å². The van der Waals surface area contributed by atoms with Crippen molar-refractivity contribution in [1.29, 1.82) is 0 Å². The van der Waals surface area contributed by atoms with Gasteiger partial charge >= 0.3 is 0 Å². The van der Waals surface area contributed by atoms with Gasteiger partial charge in [0.25, 0.3) is 0 Å². The molecule has 53 heavy (non-hydrogen) atoms. The summed E-state index contributed by atoms with van der Waals surface area (Å²) in [6.07, 6.45) is 28.9. The van der Waals surface area contributed by atoms with Crippen LogP contribution in [0.4, 0.5) is 5.69 Å². The molecule has 0 saturated heterocycles. The van der Waals surface area contributed by atoms with Crippen LogP contribution in [0.2, 0.25) is 0 Å². The predicted molar refractivity (Wildman–Crippen MR) is 226 cm³/mol. The first-order valence-electron chi connectivity index (χ1n) is 19.8. The van der Waals surface area contributed by atoms with E-state index in [1.807, 2.05) is 0 Å². The van der Waals surface area contributed by atoms with Gasteiger partial charge in [0.2, 0.25) is 0 Å². The van der Waals surface area contributed by atoms with Crippen molar-refractivity contribution in [2.24, 2.45) is 17.3 Å². The molecule has 2 nitrogen and oxygen atoms in total. The number of benzene rings is 3. The van der Waals surface area contributed by atoms with E-state index in [0.717, 1.165) is 32.1 Å². The lowest BCUT2D eigenvalue weighted by atomic mass is 9.69. The molecule has 5 aliphatic rings. The summed E-state index contributed by atoms with van der Waals surface area (Å²) in [6, 6.07) is 27.4. The lowest BCUT2D eigenvalue weighted by Gasteiger charge is -2.43. The molecule has 0 saturated carbocycles. The predicted octanol–water partition coefficient (Wildman–Crippen LogP) is 13.0. The normalized spacial score (nSPS) is 23.6. The van der Waals surface area contributed by atoms with E-state index >= 15 is 0 Å². The average molecular weight is 693 g/mol. The number of aromatic nitrogens is 1. The molecule has 0 spiro atoms. The number of anilines is 1. The Balaban J connectivity index is 1.21. The van der Waals surface area contributed by atoms with Crippen LogP contribution in [0.5, 0.6) is 0 Å². The summed E-state index contributed by atoms with van der Waals surface area (Å²) in [4.78, 5) is 2.74. The van der Waals surface area contributed by atoms with Gasteiger partial charge in [-0.05, 0) is 132 Å². The molecule has 0 amide bonds. The highest BCUT2D eigenvalue weighted by atomic mass is 15.2. The third-order valence-corrected chi connectivity index (χ3v) is 13.2. The second kappa shape index (κ2) is 12.8. The van der Waals surface area contributed by atoms with Crippen LogP contribution in [-0.2, 0) is 11.8 Å². The van der Waals surface area contributed by atoms with Crippen LogP contribution >= 0.6 is 0 Å². The van der Waals surface area contributed by atoms with E-state index in [-0.39, 0.29) is 16.9 Å². The summed E-state index contributed by atoms with van der Waals surface area (Å²) in [5, 5.41) is 1.30. The van der Waals surface area contributed by atoms with Gasteiger partial charge in [0.1, 0.15) is 0 Å². The van der Waals surface area contributed by atoms with Gasteiger partial charge in [-0.2, -0.15) is 0 Å². The van der Waals surface area contributed by atoms with Crippen LogP contribution in [0, 0.1) is 17.3 Å². The third-order valence-electron chi connectivity index (χ3n) is 13.2. The molecule has 5 aliphatic carbocycles. The van der Waals surface area contributed by atoms with E-state index < -0.39 is 0 Å². The zero-order chi connectivity index (χ0) is 36.5. The van der Waals surface area contributed by atoms with Crippen molar-refractivity contribution < 1.29 is 0 Å². The maximum atomic E-state index is 4.21. The van der Waals surface area contributed by atoms with Crippen molar-refractivity contribution in [1.82, 2.24) is 4.57 Å². The van der Waals surface area contributed by atoms with Crippen LogP contribution in [0.25, 0.3) is 28.2 Å². The van der Waals surface area contributed by atoms with Crippen LogP contribution in [0.15, 0.2) is 156 Å². The molecule has 2 heteroatoms. The number of hydrogen-bond acceptors (Lipinski definition) is 1. The Labute approximate surface area is 316 Å². The first kappa shape index (κ1) is 33.7. The van der Waals surface area contributed by atoms with Crippen molar-refractivity contribution in [3.8, 4) is 5.69 Å². The first-order valence-corrected chi connectivity index (χ1v) is 19.8. The quantitative estimate of drug-likeness (QED) is 0.175. The fraction of sp³-hybridized carbons (Fsp3) is 0.294. The van der Waals surface area contributed by atoms with Crippen LogP contribution in [0.1, 0.15) is 82.7 Å². The maximum Gasteiger partial charge on any atom is 0.0559 e. The number of rotatable bonds is 7. The minimum Gasteiger partial charge on any atom is -0.338 e. The smallest absolute Gasteiger partial charge is 0.0559 e. The molecule has 9 rings (SSSR count). The molecule has 3 atom stereocenters. The Bertz CT molecular complexity index is 2360. The average Bonchev–Trinajstić information content (AvgIpc) is 3.54. The van der Waals surface area contributed by atoms with E-state index in [1.54, 1.807) is 11.1 Å². The van der Waals surface area contributed by atoms with E-state index in [1.165, 1.54) is 61.5 Å². The molecular formula is C51H52N2. The topological polar surface area (TPSA) is 8.17 Å². The first-order chi connectivity index (χ1) is 25.7. The Morgan fingerprint density at radius 1 is 0.906 bits per heavy atom. The summed E-state index contributed by atoms with van der Waals surface area (Å²) in [6.45, 7) is 16.2. The van der Waals surface area contributed by atoms with Crippen molar-refractivity contribution >= 4 is 28.2 Å². The Morgan fingerprint density at radius 3 is 2.51 bits per heavy atom. The molecule has 3 unspecified atom stereocenters. The van der Waals surface area contributed by atoms with Gasteiger partial charge in [-0.3, -0.25) is 0 Å². The minimum absolute atomic E-state index is 0.0399. The number of allylic oxidation sites excluding steroid dienone is 12. The Morgan fingerprint density at radius 2 is 1.70 bits per heavy atom. The molecule has 1 aromatic heterocycles. The standard InChI is InChI=1S/C51H52N2/c1-7-17-42-43-31-35(27-30-49(43)53(48(42)18-8-2)34-19-11-9-12-20-34)52(37-26-29-41-39-22-15-16-24-45(39)51(5,6)47(41)33-37)36-25-28-40-38-21-13-10-14-23-44(38)50(3,4)46(40)32-36/h7-9,11-16,18-25,27,29-31,33,37,40,46H,1,10,17,26,28,32H2,2-6H3/b18-8-. The molecule has 0 N–H and O–H groups in total. The van der Waals surface area contributed by atoms with Gasteiger partial charge < -0.3 is 9.47 Å². The van der Waals surface area contributed by atoms with Gasteiger partial charge in [-0.15, -0.1) is 6.58 Å². The lowest BCUT2D eigenvalue weighted by Crippen LogP contribution is -2.39. The highest BCUT2D eigenvalue weighted by molar-refractivity contribution is 5.94. The zero-order valence-corrected chi connectivity index (χ0v) is 32.1. The maximum absolute atomic E-state index is 4.21. The lowest BCUT2D eigenvalue weighted by molar-refractivity contribution is 0.224. The fourth-order valence-electron chi connectivity index (χ4n) is 10.6. The summed E-state index contributed by atoms with van der Waals surface area (Å²) in [7, 11) is 0. The molecule has 0 bridgehead atoms. The van der Waals surface area contributed by atoms with Gasteiger partial charge in [-0.1, -0.05) is 125 Å². The van der Waals surface area contributed by atoms with Crippen LogP contribution in [-0.4, -0.2) is 10.6 Å². The Kier molecular flexibility index (Phi) is 8.15. The Hall–Kier alpha value is -5.08.